The fourth-order valence-corrected chi connectivity index (χ4v) is 6.44. The zero-order valence-electron chi connectivity index (χ0n) is 25.2. The van der Waals surface area contributed by atoms with Crippen molar-refractivity contribution >= 4 is 39.1 Å². The lowest BCUT2D eigenvalue weighted by Gasteiger charge is -2.34. The highest BCUT2D eigenvalue weighted by atomic mass is 35.5. The van der Waals surface area contributed by atoms with E-state index in [0.29, 0.717) is 22.8 Å². The van der Waals surface area contributed by atoms with Crippen LogP contribution in [0.3, 0.4) is 0 Å². The first-order valence-corrected chi connectivity index (χ1v) is 16.4. The third-order valence-corrected chi connectivity index (χ3v) is 9.31. The molecule has 7 nitrogen and oxygen atoms in total. The molecule has 0 aliphatic rings. The monoisotopic (exact) mass is 631 g/mol. The van der Waals surface area contributed by atoms with Crippen molar-refractivity contribution in [2.24, 2.45) is 5.92 Å². The van der Waals surface area contributed by atoms with Crippen LogP contribution < -0.4 is 9.62 Å². The third kappa shape index (κ3) is 8.49. The molecule has 1 atom stereocenters. The molecular formula is C35H38ClN3O4S. The highest BCUT2D eigenvalue weighted by Gasteiger charge is 2.35. The first-order chi connectivity index (χ1) is 21.1. The van der Waals surface area contributed by atoms with Crippen LogP contribution in [0.5, 0.6) is 0 Å². The molecule has 44 heavy (non-hydrogen) atoms. The maximum atomic E-state index is 14.5. The van der Waals surface area contributed by atoms with E-state index in [1.165, 1.54) is 17.0 Å². The normalized spacial score (nSPS) is 12.0. The van der Waals surface area contributed by atoms with Crippen molar-refractivity contribution in [2.75, 3.05) is 17.4 Å². The molecule has 4 aromatic carbocycles. The van der Waals surface area contributed by atoms with Crippen LogP contribution in [0.4, 0.5) is 5.69 Å². The highest BCUT2D eigenvalue weighted by molar-refractivity contribution is 7.92. The minimum absolute atomic E-state index is 0.0121. The SMILES string of the molecule is Cc1cccc(N(CC(=O)N(Cc2ccccc2Cl)[C@@H](Cc2ccccc2)C(=O)NCC(C)C)S(=O)(=O)c2ccccc2)c1. The summed E-state index contributed by atoms with van der Waals surface area (Å²) in [4.78, 5) is 29.8. The first-order valence-electron chi connectivity index (χ1n) is 14.5. The minimum Gasteiger partial charge on any atom is -0.354 e. The van der Waals surface area contributed by atoms with Crippen molar-refractivity contribution in [2.45, 2.75) is 44.7 Å². The summed E-state index contributed by atoms with van der Waals surface area (Å²) in [7, 11) is -4.15. The maximum Gasteiger partial charge on any atom is 0.264 e. The Kier molecular flexibility index (Phi) is 11.2. The van der Waals surface area contributed by atoms with E-state index < -0.39 is 28.5 Å². The summed E-state index contributed by atoms with van der Waals surface area (Å²) >= 11 is 6.55. The number of halogens is 1. The molecule has 0 unspecified atom stereocenters. The van der Waals surface area contributed by atoms with Crippen LogP contribution in [0.15, 0.2) is 114 Å². The fraction of sp³-hybridized carbons (Fsp3) is 0.257. The van der Waals surface area contributed by atoms with Gasteiger partial charge in [0.05, 0.1) is 10.6 Å². The second-order valence-corrected chi connectivity index (χ2v) is 13.4. The van der Waals surface area contributed by atoms with Gasteiger partial charge in [0.2, 0.25) is 11.8 Å². The predicted molar refractivity (Wildman–Crippen MR) is 176 cm³/mol. The number of sulfonamides is 1. The average molecular weight is 632 g/mol. The van der Waals surface area contributed by atoms with Crippen molar-refractivity contribution in [1.82, 2.24) is 10.2 Å². The van der Waals surface area contributed by atoms with Gasteiger partial charge >= 0.3 is 0 Å². The van der Waals surface area contributed by atoms with Crippen LogP contribution in [0.2, 0.25) is 5.02 Å². The predicted octanol–water partition coefficient (Wildman–Crippen LogP) is 6.26. The van der Waals surface area contributed by atoms with E-state index in [1.807, 2.05) is 63.2 Å². The Morgan fingerprint density at radius 1 is 0.841 bits per heavy atom. The molecule has 0 spiro atoms. The van der Waals surface area contributed by atoms with Gasteiger partial charge in [0, 0.05) is 24.5 Å². The lowest BCUT2D eigenvalue weighted by atomic mass is 10.0. The molecule has 0 fully saturated rings. The number of amides is 2. The zero-order valence-corrected chi connectivity index (χ0v) is 26.8. The van der Waals surface area contributed by atoms with E-state index in [4.69, 9.17) is 11.6 Å². The topological polar surface area (TPSA) is 86.8 Å². The molecule has 4 aromatic rings. The summed E-state index contributed by atoms with van der Waals surface area (Å²) in [6.45, 7) is 5.76. The number of carbonyl (C=O) groups excluding carboxylic acids is 2. The van der Waals surface area contributed by atoms with Crippen LogP contribution in [0.1, 0.15) is 30.5 Å². The van der Waals surface area contributed by atoms with E-state index in [1.54, 1.807) is 54.6 Å². The number of nitrogens with one attached hydrogen (secondary N) is 1. The molecule has 0 saturated heterocycles. The van der Waals surface area contributed by atoms with Gasteiger partial charge in [-0.3, -0.25) is 13.9 Å². The van der Waals surface area contributed by atoms with Crippen molar-refractivity contribution in [3.05, 3.63) is 131 Å². The Balaban J connectivity index is 1.80. The van der Waals surface area contributed by atoms with E-state index in [9.17, 15) is 18.0 Å². The molecule has 0 aromatic heterocycles. The van der Waals surface area contributed by atoms with E-state index in [0.717, 1.165) is 15.4 Å². The molecule has 0 heterocycles. The van der Waals surface area contributed by atoms with Crippen LogP contribution in [-0.2, 0) is 32.6 Å². The van der Waals surface area contributed by atoms with Crippen molar-refractivity contribution in [1.29, 1.82) is 0 Å². The molecule has 0 bridgehead atoms. The number of carbonyl (C=O) groups is 2. The van der Waals surface area contributed by atoms with Crippen LogP contribution >= 0.6 is 11.6 Å². The number of rotatable bonds is 13. The van der Waals surface area contributed by atoms with Crippen LogP contribution in [0, 0.1) is 12.8 Å². The molecule has 2 amide bonds. The lowest BCUT2D eigenvalue weighted by molar-refractivity contribution is -0.140. The summed E-state index contributed by atoms with van der Waals surface area (Å²) in [6, 6.07) is 30.7. The molecule has 0 saturated carbocycles. The number of aryl methyl sites for hydroxylation is 1. The highest BCUT2D eigenvalue weighted by Crippen LogP contribution is 2.26. The molecule has 0 aliphatic heterocycles. The second-order valence-electron chi connectivity index (χ2n) is 11.1. The van der Waals surface area contributed by atoms with Gasteiger partial charge in [-0.05, 0) is 59.9 Å². The molecule has 0 radical (unpaired) electrons. The number of benzene rings is 4. The second kappa shape index (κ2) is 15.0. The minimum atomic E-state index is -4.15. The van der Waals surface area contributed by atoms with Gasteiger partial charge in [0.1, 0.15) is 12.6 Å². The Bertz CT molecular complexity index is 1660. The first kappa shape index (κ1) is 32.8. The zero-order chi connectivity index (χ0) is 31.7. The molecule has 1 N–H and O–H groups in total. The molecule has 230 valence electrons. The largest absolute Gasteiger partial charge is 0.354 e. The summed E-state index contributed by atoms with van der Waals surface area (Å²) in [6.07, 6.45) is 0.233. The van der Waals surface area contributed by atoms with Crippen molar-refractivity contribution in [3.63, 3.8) is 0 Å². The molecule has 4 rings (SSSR count). The van der Waals surface area contributed by atoms with E-state index in [-0.39, 0.29) is 29.7 Å². The van der Waals surface area contributed by atoms with Gasteiger partial charge in [-0.25, -0.2) is 8.42 Å². The van der Waals surface area contributed by atoms with Crippen molar-refractivity contribution < 1.29 is 18.0 Å². The fourth-order valence-electron chi connectivity index (χ4n) is 4.82. The van der Waals surface area contributed by atoms with Gasteiger partial charge in [-0.15, -0.1) is 0 Å². The van der Waals surface area contributed by atoms with Gasteiger partial charge < -0.3 is 10.2 Å². The summed E-state index contributed by atoms with van der Waals surface area (Å²) in [5.41, 5.74) is 2.70. The quantitative estimate of drug-likeness (QED) is 0.189. The maximum absolute atomic E-state index is 14.5. The standard InChI is InChI=1S/C35H38ClN3O4S/c1-26(2)23-37-35(41)33(22-28-14-6-4-7-15-28)38(24-29-16-10-11-20-32(29)36)34(40)25-39(30-17-12-13-27(3)21-30)44(42,43)31-18-8-5-9-19-31/h4-21,26,33H,22-25H2,1-3H3,(H,37,41)/t33-/m0/s1. The lowest BCUT2D eigenvalue weighted by Crippen LogP contribution is -2.53. The Morgan fingerprint density at radius 3 is 2.11 bits per heavy atom. The smallest absolute Gasteiger partial charge is 0.264 e. The van der Waals surface area contributed by atoms with Gasteiger partial charge in [0.25, 0.3) is 10.0 Å². The molecule has 0 aliphatic carbocycles. The van der Waals surface area contributed by atoms with Gasteiger partial charge in [-0.1, -0.05) is 104 Å². The average Bonchev–Trinajstić information content (AvgIpc) is 3.02. The number of hydrogen-bond acceptors (Lipinski definition) is 4. The number of nitrogens with zero attached hydrogens (tertiary/aromatic N) is 2. The molecule has 9 heteroatoms. The van der Waals surface area contributed by atoms with E-state index >= 15 is 0 Å². The van der Waals surface area contributed by atoms with Crippen LogP contribution in [0.25, 0.3) is 0 Å². The number of anilines is 1. The Labute approximate surface area is 265 Å². The van der Waals surface area contributed by atoms with Crippen molar-refractivity contribution in [3.8, 4) is 0 Å². The third-order valence-electron chi connectivity index (χ3n) is 7.15. The summed E-state index contributed by atoms with van der Waals surface area (Å²) in [5, 5.41) is 3.43. The summed E-state index contributed by atoms with van der Waals surface area (Å²) < 4.78 is 29.2. The number of hydrogen-bond donors (Lipinski definition) is 1. The molecular weight excluding hydrogens is 594 g/mol. The van der Waals surface area contributed by atoms with Crippen LogP contribution in [-0.4, -0.2) is 44.3 Å². The van der Waals surface area contributed by atoms with E-state index in [2.05, 4.69) is 5.32 Å². The Morgan fingerprint density at radius 2 is 1.48 bits per heavy atom. The van der Waals surface area contributed by atoms with Gasteiger partial charge in [-0.2, -0.15) is 0 Å². The summed E-state index contributed by atoms with van der Waals surface area (Å²) in [5.74, 6) is -0.667. The Hall–Kier alpha value is -4.14. The van der Waals surface area contributed by atoms with Gasteiger partial charge in [0.15, 0.2) is 0 Å².